The van der Waals surface area contributed by atoms with Crippen LogP contribution in [0.5, 0.6) is 0 Å². The van der Waals surface area contributed by atoms with Crippen LogP contribution in [0.15, 0.2) is 34.8 Å². The fourth-order valence-corrected chi connectivity index (χ4v) is 2.84. The van der Waals surface area contributed by atoms with Crippen LogP contribution >= 0.6 is 55.1 Å². The van der Waals surface area contributed by atoms with Crippen LogP contribution in [-0.2, 0) is 0 Å². The van der Waals surface area contributed by atoms with Gasteiger partial charge in [-0.25, -0.2) is 8.78 Å². The van der Waals surface area contributed by atoms with Crippen molar-refractivity contribution in [3.8, 4) is 0 Å². The van der Waals surface area contributed by atoms with Crippen molar-refractivity contribution in [1.82, 2.24) is 0 Å². The van der Waals surface area contributed by atoms with Crippen molar-refractivity contribution < 1.29 is 8.78 Å². The van der Waals surface area contributed by atoms with Gasteiger partial charge in [-0.2, -0.15) is 0 Å². The molecule has 0 aliphatic rings. The Hall–Kier alpha value is -0.160. The molecule has 0 aliphatic carbocycles. The van der Waals surface area contributed by atoms with E-state index < -0.39 is 16.5 Å². The van der Waals surface area contributed by atoms with E-state index in [4.69, 9.17) is 23.2 Å². The van der Waals surface area contributed by atoms with Gasteiger partial charge >= 0.3 is 0 Å². The third kappa shape index (κ3) is 3.30. The average molecular weight is 431 g/mol. The normalized spacial score (nSPS) is 12.5. The van der Waals surface area contributed by atoms with Gasteiger partial charge in [0.05, 0.1) is 19.3 Å². The summed E-state index contributed by atoms with van der Waals surface area (Å²) in [4.78, 5) is -0.509. The fraction of sp³-hybridized carbons (Fsp3) is 0.0769. The van der Waals surface area contributed by atoms with Crippen LogP contribution in [0.3, 0.4) is 0 Å². The molecule has 0 saturated heterocycles. The molecule has 0 saturated carbocycles. The Labute approximate surface area is 136 Å². The van der Waals surface area contributed by atoms with Gasteiger partial charge in [0.2, 0.25) is 0 Å². The molecule has 6 heteroatoms. The Morgan fingerprint density at radius 1 is 0.947 bits per heavy atom. The summed E-state index contributed by atoms with van der Waals surface area (Å²) in [6.07, 6.45) is 0. The molecule has 0 amide bonds. The number of hydrogen-bond donors (Lipinski definition) is 0. The first-order valence-corrected chi connectivity index (χ1v) is 7.60. The molecule has 0 radical (unpaired) electrons. The molecule has 0 nitrogen and oxygen atoms in total. The van der Waals surface area contributed by atoms with Crippen LogP contribution in [0.2, 0.25) is 10.0 Å². The van der Waals surface area contributed by atoms with E-state index in [-0.39, 0.29) is 10.0 Å². The minimum absolute atomic E-state index is 0.0857. The largest absolute Gasteiger partial charge is 0.207 e. The average Bonchev–Trinajstić information content (AvgIpc) is 2.36. The maximum absolute atomic E-state index is 13.9. The predicted octanol–water partition coefficient (Wildman–Crippen LogP) is 6.52. The lowest BCUT2D eigenvalue weighted by Gasteiger charge is -2.13. The van der Waals surface area contributed by atoms with Gasteiger partial charge in [0.15, 0.2) is 0 Å². The molecule has 2 rings (SSSR count). The molecule has 0 aromatic heterocycles. The SMILES string of the molecule is Fc1cc(C(Br)c2ccc(Cl)c(Cl)c2)c(F)cc1Br. The van der Waals surface area contributed by atoms with Crippen LogP contribution in [0, 0.1) is 11.6 Å². The van der Waals surface area contributed by atoms with Crippen molar-refractivity contribution >= 4 is 55.1 Å². The van der Waals surface area contributed by atoms with E-state index in [2.05, 4.69) is 31.9 Å². The molecule has 19 heavy (non-hydrogen) atoms. The second-order valence-corrected chi connectivity index (χ2v) is 6.41. The summed E-state index contributed by atoms with van der Waals surface area (Å²) in [7, 11) is 0. The highest BCUT2D eigenvalue weighted by Crippen LogP contribution is 2.36. The van der Waals surface area contributed by atoms with Crippen molar-refractivity contribution in [2.24, 2.45) is 0 Å². The van der Waals surface area contributed by atoms with Crippen molar-refractivity contribution in [2.45, 2.75) is 4.83 Å². The Bertz CT molecular complexity index is 632. The van der Waals surface area contributed by atoms with E-state index in [0.717, 1.165) is 12.1 Å². The number of rotatable bonds is 2. The van der Waals surface area contributed by atoms with Gasteiger partial charge in [0.25, 0.3) is 0 Å². The van der Waals surface area contributed by atoms with Crippen LogP contribution in [0.25, 0.3) is 0 Å². The molecule has 0 heterocycles. The highest BCUT2D eigenvalue weighted by Gasteiger charge is 2.18. The van der Waals surface area contributed by atoms with Crippen molar-refractivity contribution in [2.75, 3.05) is 0 Å². The van der Waals surface area contributed by atoms with Gasteiger partial charge in [-0.15, -0.1) is 0 Å². The molecular weight excluding hydrogens is 425 g/mol. The van der Waals surface area contributed by atoms with Crippen molar-refractivity contribution in [3.63, 3.8) is 0 Å². The molecule has 100 valence electrons. The topological polar surface area (TPSA) is 0 Å². The fourth-order valence-electron chi connectivity index (χ4n) is 1.58. The zero-order chi connectivity index (χ0) is 14.2. The van der Waals surface area contributed by atoms with Crippen LogP contribution in [0.4, 0.5) is 8.78 Å². The zero-order valence-corrected chi connectivity index (χ0v) is 13.9. The van der Waals surface area contributed by atoms with Gasteiger partial charge in [0.1, 0.15) is 11.6 Å². The molecule has 2 aromatic carbocycles. The smallest absolute Gasteiger partial charge is 0.137 e. The summed E-state index contributed by atoms with van der Waals surface area (Å²) in [6.45, 7) is 0. The monoisotopic (exact) mass is 428 g/mol. The minimum Gasteiger partial charge on any atom is -0.207 e. The van der Waals surface area contributed by atoms with E-state index in [1.54, 1.807) is 18.2 Å². The zero-order valence-electron chi connectivity index (χ0n) is 9.23. The molecule has 0 fully saturated rings. The summed E-state index contributed by atoms with van der Waals surface area (Å²) in [5, 5.41) is 0.772. The highest BCUT2D eigenvalue weighted by atomic mass is 79.9. The molecule has 0 spiro atoms. The Kier molecular flexibility index (Phi) is 4.88. The van der Waals surface area contributed by atoms with Crippen LogP contribution < -0.4 is 0 Å². The molecule has 0 N–H and O–H groups in total. The van der Waals surface area contributed by atoms with Crippen molar-refractivity contribution in [1.29, 1.82) is 0 Å². The summed E-state index contributed by atoms with van der Waals surface area (Å²) >= 11 is 18.0. The molecule has 1 unspecified atom stereocenters. The maximum Gasteiger partial charge on any atom is 0.137 e. The predicted molar refractivity (Wildman–Crippen MR) is 81.3 cm³/mol. The first kappa shape index (κ1) is 15.2. The lowest BCUT2D eigenvalue weighted by atomic mass is 10.0. The minimum atomic E-state index is -0.527. The Morgan fingerprint density at radius 3 is 2.26 bits per heavy atom. The molecule has 0 bridgehead atoms. The van der Waals surface area contributed by atoms with Crippen molar-refractivity contribution in [3.05, 3.63) is 67.6 Å². The van der Waals surface area contributed by atoms with Crippen LogP contribution in [0.1, 0.15) is 16.0 Å². The van der Waals surface area contributed by atoms with E-state index in [9.17, 15) is 8.78 Å². The van der Waals surface area contributed by atoms with Crippen LogP contribution in [-0.4, -0.2) is 0 Å². The van der Waals surface area contributed by atoms with E-state index in [0.29, 0.717) is 15.6 Å². The molecule has 0 aliphatic heterocycles. The highest BCUT2D eigenvalue weighted by molar-refractivity contribution is 9.10. The standard InChI is InChI=1S/C13H6Br2Cl2F2/c14-8-5-11(18)7(4-12(8)19)13(15)6-1-2-9(16)10(17)3-6/h1-5,13H. The van der Waals surface area contributed by atoms with E-state index in [1.165, 1.54) is 0 Å². The maximum atomic E-state index is 13.9. The first-order chi connectivity index (χ1) is 8.90. The summed E-state index contributed by atoms with van der Waals surface area (Å²) < 4.78 is 27.4. The third-order valence-electron chi connectivity index (χ3n) is 2.55. The number of benzene rings is 2. The Balaban J connectivity index is 2.46. The lowest BCUT2D eigenvalue weighted by molar-refractivity contribution is 0.583. The van der Waals surface area contributed by atoms with Gasteiger partial charge in [-0.3, -0.25) is 0 Å². The number of hydrogen-bond acceptors (Lipinski definition) is 0. The van der Waals surface area contributed by atoms with Gasteiger partial charge in [0, 0.05) is 5.56 Å². The van der Waals surface area contributed by atoms with E-state index in [1.807, 2.05) is 0 Å². The molecular formula is C13H6Br2Cl2F2. The number of alkyl halides is 1. The lowest BCUT2D eigenvalue weighted by Crippen LogP contribution is -1.98. The molecule has 1 atom stereocenters. The second kappa shape index (κ2) is 6.08. The number of halogens is 6. The summed E-state index contributed by atoms with van der Waals surface area (Å²) in [6, 6.07) is 7.16. The van der Waals surface area contributed by atoms with E-state index >= 15 is 0 Å². The first-order valence-electron chi connectivity index (χ1n) is 5.13. The Morgan fingerprint density at radius 2 is 1.63 bits per heavy atom. The summed E-state index contributed by atoms with van der Waals surface area (Å²) in [5.74, 6) is -1.04. The summed E-state index contributed by atoms with van der Waals surface area (Å²) in [5.41, 5.74) is 0.883. The third-order valence-corrected chi connectivity index (χ3v) is 4.92. The quantitative estimate of drug-likeness (QED) is 0.376. The van der Waals surface area contributed by atoms with Gasteiger partial charge in [-0.05, 0) is 45.8 Å². The van der Waals surface area contributed by atoms with Gasteiger partial charge in [-0.1, -0.05) is 45.2 Å². The van der Waals surface area contributed by atoms with Gasteiger partial charge < -0.3 is 0 Å². The second-order valence-electron chi connectivity index (χ2n) is 3.82. The molecule has 2 aromatic rings.